The van der Waals surface area contributed by atoms with E-state index in [9.17, 15) is 0 Å². The van der Waals surface area contributed by atoms with Gasteiger partial charge in [-0.25, -0.2) is 15.0 Å². The maximum absolute atomic E-state index is 5.14. The summed E-state index contributed by atoms with van der Waals surface area (Å²) in [5, 5.41) is 4.91. The van der Waals surface area contributed by atoms with Crippen molar-refractivity contribution < 1.29 is 0 Å². The van der Waals surface area contributed by atoms with Crippen molar-refractivity contribution in [1.29, 1.82) is 0 Å². The van der Waals surface area contributed by atoms with Gasteiger partial charge in [0.15, 0.2) is 17.5 Å². The summed E-state index contributed by atoms with van der Waals surface area (Å²) in [4.78, 5) is 24.0. The summed E-state index contributed by atoms with van der Waals surface area (Å²) in [6.45, 7) is 0. The van der Waals surface area contributed by atoms with Gasteiger partial charge in [-0.1, -0.05) is 84.9 Å². The molecule has 0 saturated heterocycles. The van der Waals surface area contributed by atoms with Gasteiger partial charge in [0.1, 0.15) is 0 Å². The Hall–Kier alpha value is -7.31. The number of aromatic nitrogens is 6. The molecule has 63 heavy (non-hydrogen) atoms. The van der Waals surface area contributed by atoms with Crippen LogP contribution in [-0.2, 0) is 5.41 Å². The first kappa shape index (κ1) is 35.3. The number of hydrogen-bond acceptors (Lipinski definition) is 5. The lowest BCUT2D eigenvalue weighted by Crippen LogP contribution is -2.55. The smallest absolute Gasteiger partial charge is 0.166 e. The summed E-state index contributed by atoms with van der Waals surface area (Å²) in [5.41, 5.74) is 14.6. The molecular weight excluding hydrogens is 769 g/mol. The van der Waals surface area contributed by atoms with E-state index in [1.807, 2.05) is 24.3 Å². The van der Waals surface area contributed by atoms with Crippen LogP contribution in [0.15, 0.2) is 170 Å². The fourth-order valence-electron chi connectivity index (χ4n) is 13.2. The average Bonchev–Trinajstić information content (AvgIpc) is 3.83. The second-order valence-corrected chi connectivity index (χ2v) is 18.5. The molecule has 4 fully saturated rings. The monoisotopic (exact) mass is 810 g/mol. The molecule has 4 aromatic heterocycles. The van der Waals surface area contributed by atoms with E-state index in [0.29, 0.717) is 17.5 Å². The molecule has 4 saturated carbocycles. The van der Waals surface area contributed by atoms with Crippen LogP contribution in [0.25, 0.3) is 94.7 Å². The molecule has 300 valence electrons. The molecule has 6 aromatic carbocycles. The third-order valence-corrected chi connectivity index (χ3v) is 15.4. The van der Waals surface area contributed by atoms with Crippen LogP contribution >= 0.6 is 0 Å². The molecule has 5 aliphatic rings. The fraction of sp³-hybridized carbons (Fsp3) is 0.175. The second-order valence-electron chi connectivity index (χ2n) is 18.5. The highest BCUT2D eigenvalue weighted by Crippen LogP contribution is 2.69. The first-order valence-electron chi connectivity index (χ1n) is 22.6. The van der Waals surface area contributed by atoms with E-state index >= 15 is 0 Å². The Morgan fingerprint density at radius 1 is 0.444 bits per heavy atom. The van der Waals surface area contributed by atoms with Crippen LogP contribution in [0.3, 0.4) is 0 Å². The lowest BCUT2D eigenvalue weighted by Gasteiger charge is -2.61. The van der Waals surface area contributed by atoms with Crippen LogP contribution in [0.1, 0.15) is 43.2 Å². The van der Waals surface area contributed by atoms with Gasteiger partial charge in [0.05, 0.1) is 16.7 Å². The predicted octanol–water partition coefficient (Wildman–Crippen LogP) is 13.3. The number of nitrogens with zero attached hydrogens (tertiary/aromatic N) is 6. The lowest BCUT2D eigenvalue weighted by atomic mass is 9.43. The first-order valence-corrected chi connectivity index (χ1v) is 22.6. The highest BCUT2D eigenvalue weighted by molar-refractivity contribution is 6.22. The van der Waals surface area contributed by atoms with Crippen molar-refractivity contribution in [2.75, 3.05) is 0 Å². The van der Waals surface area contributed by atoms with Gasteiger partial charge in [-0.2, -0.15) is 0 Å². The minimum Gasteiger partial charge on any atom is -0.308 e. The molecule has 4 bridgehead atoms. The standard InChI is InChI=1S/C57H42N6/c1-2-12-43-36(9-1)18-22-52-53(43)47-31-38(37-17-20-49-46(30-37)44-13-3-5-15-48(44)57(49)41-26-34-25-35(28-41)29-42(57)27-34)19-21-51(47)63(52)50-16-6-4-14-45(50)56-61-54(39-10-7-23-58-32-39)60-55(62-56)40-11-8-24-59-33-40/h1-24,30-35,41-42H,25-29H2. The highest BCUT2D eigenvalue weighted by atomic mass is 15.1. The maximum atomic E-state index is 5.14. The molecule has 0 aliphatic heterocycles. The van der Waals surface area contributed by atoms with E-state index in [2.05, 4.69) is 136 Å². The van der Waals surface area contributed by atoms with Crippen LogP contribution < -0.4 is 0 Å². The van der Waals surface area contributed by atoms with Crippen molar-refractivity contribution in [3.63, 3.8) is 0 Å². The van der Waals surface area contributed by atoms with Gasteiger partial charge in [0, 0.05) is 57.7 Å². The zero-order chi connectivity index (χ0) is 41.2. The van der Waals surface area contributed by atoms with Gasteiger partial charge in [0.2, 0.25) is 0 Å². The molecule has 5 aliphatic carbocycles. The number of pyridine rings is 2. The van der Waals surface area contributed by atoms with Gasteiger partial charge in [-0.15, -0.1) is 0 Å². The Morgan fingerprint density at radius 3 is 1.81 bits per heavy atom. The zero-order valence-corrected chi connectivity index (χ0v) is 34.7. The minimum atomic E-state index is 0.164. The summed E-state index contributed by atoms with van der Waals surface area (Å²) in [6, 6.07) is 53.6. The molecule has 0 radical (unpaired) electrons. The van der Waals surface area contributed by atoms with Crippen LogP contribution in [0, 0.1) is 23.7 Å². The molecule has 0 N–H and O–H groups in total. The topological polar surface area (TPSA) is 69.4 Å². The maximum Gasteiger partial charge on any atom is 0.166 e. The van der Waals surface area contributed by atoms with Gasteiger partial charge >= 0.3 is 0 Å². The van der Waals surface area contributed by atoms with Crippen molar-refractivity contribution in [2.24, 2.45) is 23.7 Å². The molecule has 1 spiro atoms. The Bertz CT molecular complexity index is 3400. The van der Waals surface area contributed by atoms with Crippen molar-refractivity contribution in [3.05, 3.63) is 182 Å². The Morgan fingerprint density at radius 2 is 1.06 bits per heavy atom. The Labute approximate surface area is 365 Å². The predicted molar refractivity (Wildman–Crippen MR) is 252 cm³/mol. The lowest BCUT2D eigenvalue weighted by molar-refractivity contribution is -0.0399. The van der Waals surface area contributed by atoms with E-state index in [1.165, 1.54) is 75.9 Å². The van der Waals surface area contributed by atoms with E-state index in [0.717, 1.165) is 57.1 Å². The molecule has 0 amide bonds. The molecular formula is C57H42N6. The number of para-hydroxylation sites is 1. The largest absolute Gasteiger partial charge is 0.308 e. The van der Waals surface area contributed by atoms with Crippen LogP contribution in [0.2, 0.25) is 0 Å². The van der Waals surface area contributed by atoms with Crippen molar-refractivity contribution in [3.8, 4) is 62.1 Å². The summed E-state index contributed by atoms with van der Waals surface area (Å²) in [5.74, 6) is 5.06. The summed E-state index contributed by atoms with van der Waals surface area (Å²) in [6.07, 6.45) is 14.2. The third-order valence-electron chi connectivity index (χ3n) is 15.4. The van der Waals surface area contributed by atoms with E-state index < -0.39 is 0 Å². The molecule has 15 rings (SSSR count). The Balaban J connectivity index is 0.965. The first-order chi connectivity index (χ1) is 31.2. The van der Waals surface area contributed by atoms with Crippen LogP contribution in [-0.4, -0.2) is 29.5 Å². The van der Waals surface area contributed by atoms with E-state index in [1.54, 1.807) is 35.9 Å². The summed E-state index contributed by atoms with van der Waals surface area (Å²) < 4.78 is 2.41. The second kappa shape index (κ2) is 13.3. The number of fused-ring (bicyclic) bond motifs is 8. The van der Waals surface area contributed by atoms with E-state index in [4.69, 9.17) is 15.0 Å². The highest BCUT2D eigenvalue weighted by Gasteiger charge is 2.61. The normalized spacial score (nSPS) is 21.7. The zero-order valence-electron chi connectivity index (χ0n) is 34.7. The number of benzene rings is 6. The molecule has 0 unspecified atom stereocenters. The molecule has 10 aromatic rings. The molecule has 4 heterocycles. The van der Waals surface area contributed by atoms with Crippen molar-refractivity contribution in [1.82, 2.24) is 29.5 Å². The summed E-state index contributed by atoms with van der Waals surface area (Å²) in [7, 11) is 0. The SMILES string of the molecule is c1cncc(-c2nc(-c3cccnc3)nc(-c3ccccc3-n3c4ccc(-c5ccc6c(c5)-c5ccccc5C65C6CC7CC(C6)CC5C7)cc4c4c5ccccc5ccc43)n2)c1. The fourth-order valence-corrected chi connectivity index (χ4v) is 13.2. The van der Waals surface area contributed by atoms with E-state index in [-0.39, 0.29) is 5.41 Å². The molecule has 0 atom stereocenters. The minimum absolute atomic E-state index is 0.164. The quantitative estimate of drug-likeness (QED) is 0.173. The number of hydrogen-bond donors (Lipinski definition) is 0. The van der Waals surface area contributed by atoms with Crippen molar-refractivity contribution >= 4 is 32.6 Å². The third kappa shape index (κ3) is 5.09. The average molecular weight is 811 g/mol. The van der Waals surface area contributed by atoms with Gasteiger partial charge in [-0.3, -0.25) is 9.97 Å². The molecule has 6 heteroatoms. The Kier molecular flexibility index (Phi) is 7.48. The van der Waals surface area contributed by atoms with Crippen LogP contribution in [0.4, 0.5) is 0 Å². The van der Waals surface area contributed by atoms with Gasteiger partial charge < -0.3 is 4.57 Å². The van der Waals surface area contributed by atoms with Crippen LogP contribution in [0.5, 0.6) is 0 Å². The summed E-state index contributed by atoms with van der Waals surface area (Å²) >= 11 is 0. The molecule has 6 nitrogen and oxygen atoms in total. The van der Waals surface area contributed by atoms with Crippen molar-refractivity contribution in [2.45, 2.75) is 37.5 Å². The van der Waals surface area contributed by atoms with Gasteiger partial charge in [0.25, 0.3) is 0 Å². The van der Waals surface area contributed by atoms with Gasteiger partial charge in [-0.05, 0) is 161 Å². The number of rotatable bonds is 5.